The Kier molecular flexibility index (Phi) is 3.87. The second-order valence-corrected chi connectivity index (χ2v) is 4.95. The number of benzene rings is 1. The van der Waals surface area contributed by atoms with Gasteiger partial charge in [-0.25, -0.2) is 10.6 Å². The Labute approximate surface area is 117 Å². The van der Waals surface area contributed by atoms with Crippen molar-refractivity contribution in [1.29, 1.82) is 0 Å². The highest BCUT2D eigenvalue weighted by Gasteiger charge is 2.08. The highest BCUT2D eigenvalue weighted by molar-refractivity contribution is 9.10. The molecule has 0 fully saturated rings. The Morgan fingerprint density at radius 3 is 2.68 bits per heavy atom. The maximum Gasteiger partial charge on any atom is 0.328 e. The molecule has 1 aromatic heterocycles. The number of hydrogen-bond acceptors (Lipinski definition) is 3. The number of carbonyl (C=O) groups excluding carboxylic acids is 1. The summed E-state index contributed by atoms with van der Waals surface area (Å²) < 4.78 is 3.84. The minimum absolute atomic E-state index is 0.0873. The zero-order valence-electron chi connectivity index (χ0n) is 10.3. The van der Waals surface area contributed by atoms with E-state index in [1.54, 1.807) is 42.2 Å². The van der Waals surface area contributed by atoms with Crippen LogP contribution in [0.5, 0.6) is 0 Å². The van der Waals surface area contributed by atoms with Crippen LogP contribution in [0.2, 0.25) is 0 Å². The summed E-state index contributed by atoms with van der Waals surface area (Å²) in [7, 11) is 1.70. The van der Waals surface area contributed by atoms with Gasteiger partial charge in [0.05, 0.1) is 6.54 Å². The van der Waals surface area contributed by atoms with Gasteiger partial charge in [-0.15, -0.1) is 0 Å². The third-order valence-electron chi connectivity index (χ3n) is 2.80. The fourth-order valence-electron chi connectivity index (χ4n) is 1.71. The summed E-state index contributed by atoms with van der Waals surface area (Å²) in [6, 6.07) is 5.12. The van der Waals surface area contributed by atoms with Gasteiger partial charge >= 0.3 is 5.69 Å². The molecule has 3 N–H and O–H groups in total. The predicted molar refractivity (Wildman–Crippen MR) is 74.6 cm³/mol. The Hall–Kier alpha value is -1.86. The number of halogens is 1. The van der Waals surface area contributed by atoms with Crippen LogP contribution in [0.25, 0.3) is 0 Å². The number of hydrogen-bond donors (Lipinski definition) is 2. The molecule has 0 radical (unpaired) electrons. The van der Waals surface area contributed by atoms with Gasteiger partial charge < -0.3 is 4.57 Å². The first-order valence-corrected chi connectivity index (χ1v) is 6.33. The summed E-state index contributed by atoms with van der Waals surface area (Å²) >= 11 is 3.39. The van der Waals surface area contributed by atoms with Crippen LogP contribution in [0.15, 0.2) is 39.9 Å². The van der Waals surface area contributed by atoms with Gasteiger partial charge in [-0.3, -0.25) is 14.8 Å². The first kappa shape index (κ1) is 13.6. The van der Waals surface area contributed by atoms with Crippen molar-refractivity contribution in [2.45, 2.75) is 6.54 Å². The summed E-state index contributed by atoms with van der Waals surface area (Å²) in [4.78, 5) is 23.1. The molecule has 0 saturated heterocycles. The van der Waals surface area contributed by atoms with Gasteiger partial charge in [0.15, 0.2) is 0 Å². The first-order chi connectivity index (χ1) is 9.02. The number of hydrazine groups is 1. The molecule has 0 bridgehead atoms. The quantitative estimate of drug-likeness (QED) is 0.493. The summed E-state index contributed by atoms with van der Waals surface area (Å²) in [5, 5.41) is 0. The van der Waals surface area contributed by atoms with Gasteiger partial charge in [-0.1, -0.05) is 22.0 Å². The summed E-state index contributed by atoms with van der Waals surface area (Å²) in [6.45, 7) is 0.435. The fourth-order valence-corrected chi connectivity index (χ4v) is 2.22. The van der Waals surface area contributed by atoms with Gasteiger partial charge in [-0.05, 0) is 17.7 Å². The lowest BCUT2D eigenvalue weighted by Gasteiger charge is -2.07. The second-order valence-electron chi connectivity index (χ2n) is 4.10. The number of nitrogens with one attached hydrogen (secondary N) is 1. The Morgan fingerprint density at radius 1 is 1.42 bits per heavy atom. The predicted octanol–water partition coefficient (Wildman–Crippen LogP) is 0.601. The van der Waals surface area contributed by atoms with E-state index < -0.39 is 0 Å². The lowest BCUT2D eigenvalue weighted by Crippen LogP contribution is -2.30. The van der Waals surface area contributed by atoms with E-state index in [1.165, 1.54) is 4.57 Å². The second kappa shape index (κ2) is 5.41. The molecule has 0 aliphatic carbocycles. The van der Waals surface area contributed by atoms with E-state index in [1.807, 2.05) is 0 Å². The van der Waals surface area contributed by atoms with Crippen LogP contribution in [0, 0.1) is 0 Å². The topological polar surface area (TPSA) is 82.1 Å². The first-order valence-electron chi connectivity index (χ1n) is 5.54. The van der Waals surface area contributed by atoms with E-state index in [9.17, 15) is 9.59 Å². The van der Waals surface area contributed by atoms with E-state index >= 15 is 0 Å². The van der Waals surface area contributed by atoms with E-state index in [2.05, 4.69) is 21.4 Å². The molecule has 6 nitrogen and oxygen atoms in total. The number of imidazole rings is 1. The molecule has 1 aromatic carbocycles. The number of nitrogen functional groups attached to an aromatic ring is 1. The Morgan fingerprint density at radius 2 is 2.16 bits per heavy atom. The normalized spacial score (nSPS) is 10.5. The standard InChI is InChI=1S/C12H13BrN4O2/c1-16-4-5-17(12(16)19)7-9-3-2-8(6-10(9)13)11(18)15-14/h2-6H,7,14H2,1H3,(H,15,18). The molecule has 0 aliphatic heterocycles. The molecule has 0 aliphatic rings. The number of nitrogens with two attached hydrogens (primary N) is 1. The van der Waals surface area contributed by atoms with Gasteiger partial charge in [0, 0.05) is 29.5 Å². The zero-order valence-corrected chi connectivity index (χ0v) is 11.8. The molecule has 2 aromatic rings. The molecule has 0 atom stereocenters. The summed E-state index contributed by atoms with van der Waals surface area (Å²) in [6.07, 6.45) is 3.42. The van der Waals surface area contributed by atoms with Crippen molar-refractivity contribution in [1.82, 2.24) is 14.6 Å². The molecular weight excluding hydrogens is 312 g/mol. The lowest BCUT2D eigenvalue weighted by atomic mass is 10.1. The number of aryl methyl sites for hydroxylation is 1. The molecule has 0 saturated carbocycles. The van der Waals surface area contributed by atoms with Gasteiger partial charge in [0.1, 0.15) is 0 Å². The van der Waals surface area contributed by atoms with Crippen LogP contribution in [0.1, 0.15) is 15.9 Å². The molecule has 7 heteroatoms. The number of carbonyl (C=O) groups is 1. The minimum atomic E-state index is -0.357. The van der Waals surface area contributed by atoms with Crippen molar-refractivity contribution in [2.24, 2.45) is 12.9 Å². The maximum atomic E-state index is 11.7. The van der Waals surface area contributed by atoms with Crippen LogP contribution in [-0.4, -0.2) is 15.0 Å². The molecule has 2 rings (SSSR count). The summed E-state index contributed by atoms with van der Waals surface area (Å²) in [5.41, 5.74) is 3.35. The van der Waals surface area contributed by atoms with Crippen LogP contribution in [0.4, 0.5) is 0 Å². The third kappa shape index (κ3) is 2.77. The van der Waals surface area contributed by atoms with E-state index in [0.717, 1.165) is 10.0 Å². The smallest absolute Gasteiger partial charge is 0.302 e. The third-order valence-corrected chi connectivity index (χ3v) is 3.54. The summed E-state index contributed by atoms with van der Waals surface area (Å²) in [5.74, 6) is 4.72. The zero-order chi connectivity index (χ0) is 14.0. The SMILES string of the molecule is Cn1ccn(Cc2ccc(C(=O)NN)cc2Br)c1=O. The maximum absolute atomic E-state index is 11.7. The lowest BCUT2D eigenvalue weighted by molar-refractivity contribution is 0.0953. The molecular formula is C12H13BrN4O2. The van der Waals surface area contributed by atoms with Gasteiger partial charge in [-0.2, -0.15) is 0 Å². The van der Waals surface area contributed by atoms with Crippen molar-refractivity contribution < 1.29 is 4.79 Å². The van der Waals surface area contributed by atoms with Crippen LogP contribution in [0.3, 0.4) is 0 Å². The minimum Gasteiger partial charge on any atom is -0.302 e. The van der Waals surface area contributed by atoms with E-state index in [4.69, 9.17) is 5.84 Å². The molecule has 100 valence electrons. The van der Waals surface area contributed by atoms with Crippen LogP contribution in [-0.2, 0) is 13.6 Å². The molecule has 0 unspecified atom stereocenters. The fraction of sp³-hybridized carbons (Fsp3) is 0.167. The van der Waals surface area contributed by atoms with Crippen LogP contribution >= 0.6 is 15.9 Å². The average Bonchev–Trinajstić information content (AvgIpc) is 2.72. The molecule has 1 amide bonds. The number of amides is 1. The van der Waals surface area contributed by atoms with E-state index in [-0.39, 0.29) is 11.6 Å². The molecule has 19 heavy (non-hydrogen) atoms. The molecule has 1 heterocycles. The van der Waals surface area contributed by atoms with Crippen molar-refractivity contribution >= 4 is 21.8 Å². The Balaban J connectivity index is 2.29. The number of rotatable bonds is 3. The Bertz CT molecular complexity index is 675. The monoisotopic (exact) mass is 324 g/mol. The van der Waals surface area contributed by atoms with Crippen molar-refractivity contribution in [3.63, 3.8) is 0 Å². The van der Waals surface area contributed by atoms with Crippen molar-refractivity contribution in [3.8, 4) is 0 Å². The van der Waals surface area contributed by atoms with E-state index in [0.29, 0.717) is 12.1 Å². The van der Waals surface area contributed by atoms with Crippen molar-refractivity contribution in [2.75, 3.05) is 0 Å². The average molecular weight is 325 g/mol. The number of nitrogens with zero attached hydrogens (tertiary/aromatic N) is 2. The highest BCUT2D eigenvalue weighted by Crippen LogP contribution is 2.19. The van der Waals surface area contributed by atoms with Crippen molar-refractivity contribution in [3.05, 3.63) is 56.7 Å². The highest BCUT2D eigenvalue weighted by atomic mass is 79.9. The largest absolute Gasteiger partial charge is 0.328 e. The number of aromatic nitrogens is 2. The van der Waals surface area contributed by atoms with Crippen LogP contribution < -0.4 is 17.0 Å². The molecule has 0 spiro atoms. The van der Waals surface area contributed by atoms with Gasteiger partial charge in [0.2, 0.25) is 0 Å². The van der Waals surface area contributed by atoms with Gasteiger partial charge in [0.25, 0.3) is 5.91 Å².